The SMILES string of the molecule is Cc1ccccc1C(=O)NCC(=O)N1CCN(CCOc2ccccc2)CC1. The number of nitrogens with zero attached hydrogens (tertiary/aromatic N) is 2. The molecule has 0 atom stereocenters. The molecule has 0 bridgehead atoms. The van der Waals surface area contributed by atoms with Crippen LogP contribution >= 0.6 is 0 Å². The second-order valence-corrected chi connectivity index (χ2v) is 6.88. The van der Waals surface area contributed by atoms with Crippen molar-refractivity contribution >= 4 is 11.8 Å². The zero-order valence-corrected chi connectivity index (χ0v) is 16.3. The van der Waals surface area contributed by atoms with Crippen molar-refractivity contribution in [2.24, 2.45) is 0 Å². The van der Waals surface area contributed by atoms with Crippen molar-refractivity contribution in [3.05, 3.63) is 65.7 Å². The summed E-state index contributed by atoms with van der Waals surface area (Å²) in [5.74, 6) is 0.631. The molecular formula is C22H27N3O3. The monoisotopic (exact) mass is 381 g/mol. The van der Waals surface area contributed by atoms with Crippen LogP contribution in [0.3, 0.4) is 0 Å². The van der Waals surface area contributed by atoms with Gasteiger partial charge in [-0.2, -0.15) is 0 Å². The van der Waals surface area contributed by atoms with Crippen molar-refractivity contribution in [2.75, 3.05) is 45.9 Å². The Morgan fingerprint density at radius 3 is 2.36 bits per heavy atom. The van der Waals surface area contributed by atoms with E-state index in [0.717, 1.165) is 30.9 Å². The molecule has 148 valence electrons. The van der Waals surface area contributed by atoms with E-state index in [1.165, 1.54) is 0 Å². The molecule has 1 aliphatic rings. The molecule has 2 aromatic rings. The van der Waals surface area contributed by atoms with E-state index in [1.807, 2.05) is 60.4 Å². The topological polar surface area (TPSA) is 61.9 Å². The Bertz CT molecular complexity index is 787. The lowest BCUT2D eigenvalue weighted by Crippen LogP contribution is -2.51. The fourth-order valence-corrected chi connectivity index (χ4v) is 3.22. The highest BCUT2D eigenvalue weighted by molar-refractivity contribution is 5.97. The summed E-state index contributed by atoms with van der Waals surface area (Å²) < 4.78 is 5.73. The molecule has 1 aliphatic heterocycles. The Labute approximate surface area is 166 Å². The summed E-state index contributed by atoms with van der Waals surface area (Å²) in [6.45, 7) is 6.35. The molecule has 6 nitrogen and oxygen atoms in total. The first-order valence-corrected chi connectivity index (χ1v) is 9.65. The minimum atomic E-state index is -0.205. The van der Waals surface area contributed by atoms with Gasteiger partial charge in [0.2, 0.25) is 5.91 Å². The Morgan fingerprint density at radius 1 is 0.964 bits per heavy atom. The smallest absolute Gasteiger partial charge is 0.251 e. The van der Waals surface area contributed by atoms with E-state index in [9.17, 15) is 9.59 Å². The van der Waals surface area contributed by atoms with E-state index in [0.29, 0.717) is 25.3 Å². The van der Waals surface area contributed by atoms with E-state index in [1.54, 1.807) is 6.07 Å². The van der Waals surface area contributed by atoms with Crippen LogP contribution in [0.4, 0.5) is 0 Å². The Kier molecular flexibility index (Phi) is 7.03. The van der Waals surface area contributed by atoms with E-state index >= 15 is 0 Å². The van der Waals surface area contributed by atoms with Crippen LogP contribution in [0.15, 0.2) is 54.6 Å². The Hall–Kier alpha value is -2.86. The van der Waals surface area contributed by atoms with E-state index in [2.05, 4.69) is 10.2 Å². The minimum absolute atomic E-state index is 0.0320. The maximum atomic E-state index is 12.4. The number of piperazine rings is 1. The highest BCUT2D eigenvalue weighted by Gasteiger charge is 2.21. The molecule has 0 radical (unpaired) electrons. The summed E-state index contributed by atoms with van der Waals surface area (Å²) in [5, 5.41) is 2.74. The molecule has 1 heterocycles. The fourth-order valence-electron chi connectivity index (χ4n) is 3.22. The van der Waals surface area contributed by atoms with Gasteiger partial charge in [0, 0.05) is 38.3 Å². The van der Waals surface area contributed by atoms with Crippen LogP contribution in [0.5, 0.6) is 5.75 Å². The number of nitrogens with one attached hydrogen (secondary N) is 1. The number of carbonyl (C=O) groups excluding carboxylic acids is 2. The van der Waals surface area contributed by atoms with Crippen LogP contribution in [0, 0.1) is 6.92 Å². The number of carbonyl (C=O) groups is 2. The van der Waals surface area contributed by atoms with E-state index in [4.69, 9.17) is 4.74 Å². The summed E-state index contributed by atoms with van der Waals surface area (Å²) >= 11 is 0. The molecule has 1 N–H and O–H groups in total. The number of amides is 2. The van der Waals surface area contributed by atoms with Gasteiger partial charge in [0.1, 0.15) is 12.4 Å². The van der Waals surface area contributed by atoms with Gasteiger partial charge >= 0.3 is 0 Å². The largest absolute Gasteiger partial charge is 0.492 e. The second-order valence-electron chi connectivity index (χ2n) is 6.88. The van der Waals surface area contributed by atoms with Gasteiger partial charge in [0.25, 0.3) is 5.91 Å². The summed E-state index contributed by atoms with van der Waals surface area (Å²) in [4.78, 5) is 28.7. The van der Waals surface area contributed by atoms with Gasteiger partial charge in [0.15, 0.2) is 0 Å². The number of benzene rings is 2. The van der Waals surface area contributed by atoms with E-state index < -0.39 is 0 Å². The van der Waals surface area contributed by atoms with Crippen molar-refractivity contribution in [1.82, 2.24) is 15.1 Å². The van der Waals surface area contributed by atoms with Crippen LogP contribution in [0.25, 0.3) is 0 Å². The third-order valence-corrected chi connectivity index (χ3v) is 4.93. The molecule has 1 fully saturated rings. The number of hydrogen-bond acceptors (Lipinski definition) is 4. The van der Waals surface area contributed by atoms with Gasteiger partial charge in [-0.25, -0.2) is 0 Å². The fraction of sp³-hybridized carbons (Fsp3) is 0.364. The minimum Gasteiger partial charge on any atom is -0.492 e. The van der Waals surface area contributed by atoms with Gasteiger partial charge < -0.3 is 15.0 Å². The summed E-state index contributed by atoms with van der Waals surface area (Å²) in [6.07, 6.45) is 0. The van der Waals surface area contributed by atoms with Gasteiger partial charge in [-0.05, 0) is 30.7 Å². The van der Waals surface area contributed by atoms with Crippen molar-refractivity contribution in [2.45, 2.75) is 6.92 Å². The number of aryl methyl sites for hydroxylation is 1. The van der Waals surface area contributed by atoms with E-state index in [-0.39, 0.29) is 18.4 Å². The molecular weight excluding hydrogens is 354 g/mol. The number of ether oxygens (including phenoxy) is 1. The van der Waals surface area contributed by atoms with Crippen LogP contribution in [0.1, 0.15) is 15.9 Å². The molecule has 0 unspecified atom stereocenters. The first-order valence-electron chi connectivity index (χ1n) is 9.65. The molecule has 0 spiro atoms. The van der Waals surface area contributed by atoms with Crippen LogP contribution in [0.2, 0.25) is 0 Å². The number of para-hydroxylation sites is 1. The predicted octanol–water partition coefficient (Wildman–Crippen LogP) is 1.95. The molecule has 0 aliphatic carbocycles. The van der Waals surface area contributed by atoms with Crippen molar-refractivity contribution < 1.29 is 14.3 Å². The Balaban J connectivity index is 1.35. The number of rotatable bonds is 7. The second kappa shape index (κ2) is 9.90. The molecule has 0 saturated carbocycles. The average molecular weight is 381 g/mol. The molecule has 2 aromatic carbocycles. The molecule has 2 amide bonds. The molecule has 6 heteroatoms. The zero-order valence-electron chi connectivity index (χ0n) is 16.3. The van der Waals surface area contributed by atoms with Gasteiger partial charge in [-0.15, -0.1) is 0 Å². The Morgan fingerprint density at radius 2 is 1.64 bits per heavy atom. The van der Waals surface area contributed by atoms with Crippen molar-refractivity contribution in [3.8, 4) is 5.75 Å². The van der Waals surface area contributed by atoms with Gasteiger partial charge in [0.05, 0.1) is 6.54 Å². The lowest BCUT2D eigenvalue weighted by atomic mass is 10.1. The molecule has 1 saturated heterocycles. The third-order valence-electron chi connectivity index (χ3n) is 4.93. The predicted molar refractivity (Wildman–Crippen MR) is 108 cm³/mol. The average Bonchev–Trinajstić information content (AvgIpc) is 2.73. The van der Waals surface area contributed by atoms with Crippen LogP contribution < -0.4 is 10.1 Å². The summed E-state index contributed by atoms with van der Waals surface area (Å²) in [5.41, 5.74) is 1.51. The summed E-state index contributed by atoms with van der Waals surface area (Å²) in [6, 6.07) is 17.1. The molecule has 3 rings (SSSR count). The number of hydrogen-bond donors (Lipinski definition) is 1. The molecule has 28 heavy (non-hydrogen) atoms. The van der Waals surface area contributed by atoms with Gasteiger partial charge in [-0.1, -0.05) is 36.4 Å². The molecule has 0 aromatic heterocycles. The summed E-state index contributed by atoms with van der Waals surface area (Å²) in [7, 11) is 0. The normalized spacial score (nSPS) is 14.5. The standard InChI is InChI=1S/C22H27N3O3/c1-18-7-5-6-10-20(18)22(27)23-17-21(26)25-13-11-24(12-14-25)15-16-28-19-8-3-2-4-9-19/h2-10H,11-17H2,1H3,(H,23,27). The quantitative estimate of drug-likeness (QED) is 0.796. The third kappa shape index (κ3) is 5.57. The van der Waals surface area contributed by atoms with Crippen molar-refractivity contribution in [1.29, 1.82) is 0 Å². The lowest BCUT2D eigenvalue weighted by Gasteiger charge is -2.34. The first kappa shape index (κ1) is 19.9. The van der Waals surface area contributed by atoms with Crippen molar-refractivity contribution in [3.63, 3.8) is 0 Å². The van der Waals surface area contributed by atoms with Gasteiger partial charge in [-0.3, -0.25) is 14.5 Å². The van der Waals surface area contributed by atoms with Crippen LogP contribution in [-0.2, 0) is 4.79 Å². The highest BCUT2D eigenvalue weighted by atomic mass is 16.5. The highest BCUT2D eigenvalue weighted by Crippen LogP contribution is 2.09. The maximum Gasteiger partial charge on any atom is 0.251 e. The first-order chi connectivity index (χ1) is 13.6. The maximum absolute atomic E-state index is 12.4. The van der Waals surface area contributed by atoms with Crippen LogP contribution in [-0.4, -0.2) is 67.5 Å². The lowest BCUT2D eigenvalue weighted by molar-refractivity contribution is -0.131. The zero-order chi connectivity index (χ0) is 19.8.